The van der Waals surface area contributed by atoms with Gasteiger partial charge in [-0.1, -0.05) is 11.6 Å². The van der Waals surface area contributed by atoms with Crippen molar-refractivity contribution in [3.63, 3.8) is 0 Å². The lowest BCUT2D eigenvalue weighted by molar-refractivity contribution is -0.235. The quantitative estimate of drug-likeness (QED) is 0.378. The van der Waals surface area contributed by atoms with Crippen LogP contribution >= 0.6 is 11.8 Å². The summed E-state index contributed by atoms with van der Waals surface area (Å²) >= 11 is 1.63. The van der Waals surface area contributed by atoms with Gasteiger partial charge in [-0.3, -0.25) is 0 Å². The molecule has 0 aromatic carbocycles. The molecule has 0 unspecified atom stereocenters. The average Bonchev–Trinajstić information content (AvgIpc) is 3.70. The van der Waals surface area contributed by atoms with E-state index in [0.29, 0.717) is 25.1 Å². The van der Waals surface area contributed by atoms with Crippen LogP contribution in [-0.2, 0) is 27.9 Å². The number of thioether (sulfide) groups is 1. The molecule has 2 spiro atoms. The van der Waals surface area contributed by atoms with E-state index in [9.17, 15) is 0 Å². The van der Waals surface area contributed by atoms with Gasteiger partial charge in [-0.25, -0.2) is 14.6 Å². The molecule has 9 nitrogen and oxygen atoms in total. The van der Waals surface area contributed by atoms with Crippen molar-refractivity contribution < 1.29 is 14.0 Å². The smallest absolute Gasteiger partial charge is 0.185 e. The van der Waals surface area contributed by atoms with Crippen LogP contribution in [0.25, 0.3) is 22.6 Å². The summed E-state index contributed by atoms with van der Waals surface area (Å²) in [7, 11) is 2.20. The molecule has 3 aromatic heterocycles. The fraction of sp³-hybridized carbons (Fsp3) is 0.692. The van der Waals surface area contributed by atoms with Crippen LogP contribution in [0.2, 0.25) is 0 Å². The van der Waals surface area contributed by atoms with Crippen molar-refractivity contribution in [2.75, 3.05) is 33.1 Å². The van der Waals surface area contributed by atoms with E-state index in [1.165, 1.54) is 12.8 Å². The van der Waals surface area contributed by atoms with Crippen LogP contribution in [0, 0.1) is 0 Å². The van der Waals surface area contributed by atoms with Gasteiger partial charge in [0.05, 0.1) is 36.8 Å². The summed E-state index contributed by atoms with van der Waals surface area (Å²) in [6.45, 7) is 3.27. The number of nitrogens with zero attached hydrogens (tertiary/aromatic N) is 6. The Morgan fingerprint density at radius 2 is 1.92 bits per heavy atom. The van der Waals surface area contributed by atoms with Gasteiger partial charge in [-0.05, 0) is 64.8 Å². The zero-order valence-electron chi connectivity index (χ0n) is 21.2. The fourth-order valence-corrected chi connectivity index (χ4v) is 7.74. The van der Waals surface area contributed by atoms with Gasteiger partial charge in [0.1, 0.15) is 5.03 Å². The first-order valence-electron chi connectivity index (χ1n) is 13.4. The fourth-order valence-electron chi connectivity index (χ4n) is 7.20. The SMILES string of the molecule is CSc1nc(-c2noc3c2CCC[C@@]32CCCCC23OCCO3)nc2c1cnn2C[C@@H]1CCCN1C. The second-order valence-corrected chi connectivity index (χ2v) is 11.6. The number of rotatable bonds is 4. The Hall–Kier alpha value is -2.01. The van der Waals surface area contributed by atoms with Gasteiger partial charge in [0.15, 0.2) is 28.7 Å². The minimum absolute atomic E-state index is 0.276. The van der Waals surface area contributed by atoms with Crippen molar-refractivity contribution in [1.29, 1.82) is 0 Å². The lowest BCUT2D eigenvalue weighted by Gasteiger charge is -2.50. The third-order valence-electron chi connectivity index (χ3n) is 9.02. The lowest BCUT2D eigenvalue weighted by Crippen LogP contribution is -2.56. The molecule has 10 heteroatoms. The highest BCUT2D eigenvalue weighted by Gasteiger charge is 2.61. The highest BCUT2D eigenvalue weighted by Crippen LogP contribution is 2.57. The van der Waals surface area contributed by atoms with E-state index < -0.39 is 5.79 Å². The van der Waals surface area contributed by atoms with E-state index in [1.54, 1.807) is 11.8 Å². The van der Waals surface area contributed by atoms with E-state index in [0.717, 1.165) is 91.1 Å². The Balaban J connectivity index is 1.32. The summed E-state index contributed by atoms with van der Waals surface area (Å²) in [6, 6.07) is 0.484. The van der Waals surface area contributed by atoms with Crippen LogP contribution in [-0.4, -0.2) is 74.7 Å². The number of aromatic nitrogens is 5. The maximum atomic E-state index is 6.36. The van der Waals surface area contributed by atoms with Gasteiger partial charge in [-0.2, -0.15) is 5.10 Å². The number of likely N-dealkylation sites (N-methyl/N-ethyl adjacent to an activating group) is 1. The van der Waals surface area contributed by atoms with E-state index in [1.807, 2.05) is 6.20 Å². The Morgan fingerprint density at radius 3 is 2.72 bits per heavy atom. The third kappa shape index (κ3) is 3.33. The second kappa shape index (κ2) is 8.79. The van der Waals surface area contributed by atoms with Gasteiger partial charge in [0.2, 0.25) is 0 Å². The largest absolute Gasteiger partial charge is 0.360 e. The van der Waals surface area contributed by atoms with Crippen LogP contribution in [0.15, 0.2) is 15.7 Å². The molecule has 2 atom stereocenters. The van der Waals surface area contributed by atoms with Crippen LogP contribution in [0.4, 0.5) is 0 Å². The highest BCUT2D eigenvalue weighted by atomic mass is 32.2. The maximum absolute atomic E-state index is 6.36. The topological polar surface area (TPSA) is 91.3 Å². The molecule has 2 aliphatic heterocycles. The first-order valence-corrected chi connectivity index (χ1v) is 14.6. The summed E-state index contributed by atoms with van der Waals surface area (Å²) in [6.07, 6.45) is 13.6. The average molecular weight is 511 g/mol. The van der Waals surface area contributed by atoms with E-state index >= 15 is 0 Å². The number of ether oxygens (including phenoxy) is 2. The number of fused-ring (bicyclic) bond motifs is 4. The predicted molar refractivity (Wildman–Crippen MR) is 136 cm³/mol. The molecule has 0 amide bonds. The van der Waals surface area contributed by atoms with Crippen molar-refractivity contribution >= 4 is 22.8 Å². The minimum atomic E-state index is -0.585. The zero-order valence-corrected chi connectivity index (χ0v) is 22.0. The number of likely N-dealkylation sites (tertiary alicyclic amines) is 1. The molecule has 192 valence electrons. The maximum Gasteiger partial charge on any atom is 0.185 e. The van der Waals surface area contributed by atoms with Gasteiger partial charge < -0.3 is 18.9 Å². The van der Waals surface area contributed by atoms with Crippen LogP contribution < -0.4 is 0 Å². The van der Waals surface area contributed by atoms with Crippen LogP contribution in [0.1, 0.15) is 62.7 Å². The molecule has 1 saturated carbocycles. The molecule has 2 saturated heterocycles. The van der Waals surface area contributed by atoms with Crippen molar-refractivity contribution in [2.45, 2.75) is 86.6 Å². The van der Waals surface area contributed by atoms with Crippen molar-refractivity contribution in [3.05, 3.63) is 17.5 Å². The number of hydrogen-bond donors (Lipinski definition) is 0. The van der Waals surface area contributed by atoms with Gasteiger partial charge in [0.25, 0.3) is 0 Å². The first kappa shape index (κ1) is 23.1. The summed E-state index contributed by atoms with van der Waals surface area (Å²) in [4.78, 5) is 12.4. The summed E-state index contributed by atoms with van der Waals surface area (Å²) in [5.74, 6) is 0.993. The van der Waals surface area contributed by atoms with Crippen LogP contribution in [0.3, 0.4) is 0 Å². The van der Waals surface area contributed by atoms with Crippen LogP contribution in [0.5, 0.6) is 0 Å². The summed E-state index contributed by atoms with van der Waals surface area (Å²) in [5.41, 5.74) is 2.51. The molecule has 5 heterocycles. The Labute approximate surface area is 215 Å². The van der Waals surface area contributed by atoms with E-state index in [2.05, 4.69) is 28.0 Å². The van der Waals surface area contributed by atoms with Gasteiger partial charge in [0, 0.05) is 18.0 Å². The Kier molecular flexibility index (Phi) is 5.65. The molecule has 3 fully saturated rings. The van der Waals surface area contributed by atoms with E-state index in [4.69, 9.17) is 29.1 Å². The Morgan fingerprint density at radius 1 is 1.08 bits per heavy atom. The standard InChI is InChI=1S/C26H34N6O3S/c1-31-12-6-7-17(31)16-32-23-19(15-27-32)24(36-2)29-22(28-23)20-18-8-5-10-25(21(18)35-30-20)9-3-4-11-26(25)33-13-14-34-26/h15,17H,3-14,16H2,1-2H3/t17-,25-/m0/s1. The normalized spacial score (nSPS) is 28.0. The van der Waals surface area contributed by atoms with Crippen molar-refractivity contribution in [3.8, 4) is 11.5 Å². The molecular formula is C26H34N6O3S. The molecule has 4 aliphatic rings. The van der Waals surface area contributed by atoms with E-state index in [-0.39, 0.29) is 5.41 Å². The highest BCUT2D eigenvalue weighted by molar-refractivity contribution is 7.98. The Bertz CT molecular complexity index is 1280. The monoisotopic (exact) mass is 510 g/mol. The van der Waals surface area contributed by atoms with Gasteiger partial charge >= 0.3 is 0 Å². The third-order valence-corrected chi connectivity index (χ3v) is 9.71. The zero-order chi connectivity index (χ0) is 24.3. The molecule has 0 N–H and O–H groups in total. The summed E-state index contributed by atoms with van der Waals surface area (Å²) in [5, 5.41) is 11.3. The molecular weight excluding hydrogens is 476 g/mol. The first-order chi connectivity index (χ1) is 17.6. The number of hydrogen-bond acceptors (Lipinski definition) is 9. The minimum Gasteiger partial charge on any atom is -0.360 e. The predicted octanol–water partition coefficient (Wildman–Crippen LogP) is 4.19. The molecule has 2 aliphatic carbocycles. The molecule has 3 aromatic rings. The summed E-state index contributed by atoms with van der Waals surface area (Å²) < 4.78 is 21.0. The molecule has 0 bridgehead atoms. The molecule has 36 heavy (non-hydrogen) atoms. The lowest BCUT2D eigenvalue weighted by atomic mass is 9.61. The second-order valence-electron chi connectivity index (χ2n) is 10.8. The van der Waals surface area contributed by atoms with Crippen molar-refractivity contribution in [2.24, 2.45) is 0 Å². The molecule has 0 radical (unpaired) electrons. The van der Waals surface area contributed by atoms with Crippen molar-refractivity contribution in [1.82, 2.24) is 29.8 Å². The molecule has 7 rings (SSSR count). The van der Waals surface area contributed by atoms with Gasteiger partial charge in [-0.15, -0.1) is 11.8 Å².